The highest BCUT2D eigenvalue weighted by Crippen LogP contribution is 2.09. The minimum Gasteiger partial charge on any atom is -0.357 e. The summed E-state index contributed by atoms with van der Waals surface area (Å²) in [5.74, 6) is 1.95. The lowest BCUT2D eigenvalue weighted by molar-refractivity contribution is 0.694. The largest absolute Gasteiger partial charge is 0.357 e. The molecule has 2 N–H and O–H groups in total. The van der Waals surface area contributed by atoms with Crippen molar-refractivity contribution in [3.05, 3.63) is 76.5 Å². The molecular weight excluding hydrogens is 354 g/mol. The number of hydrogen-bond acceptors (Lipinski definition) is 3. The molecule has 0 atom stereocenters. The number of benzene rings is 1. The van der Waals surface area contributed by atoms with E-state index in [1.807, 2.05) is 18.5 Å². The summed E-state index contributed by atoms with van der Waals surface area (Å²) in [5, 5.41) is 8.84. The summed E-state index contributed by atoms with van der Waals surface area (Å²) in [5.41, 5.74) is 1.29. The molecule has 6 heteroatoms. The molecule has 0 aliphatic heterocycles. The fourth-order valence-corrected chi connectivity index (χ4v) is 3.56. The Morgan fingerprint density at radius 3 is 2.78 bits per heavy atom. The van der Waals surface area contributed by atoms with Gasteiger partial charge in [-0.15, -0.1) is 11.3 Å². The van der Waals surface area contributed by atoms with Crippen LogP contribution in [-0.2, 0) is 19.4 Å². The van der Waals surface area contributed by atoms with E-state index in [2.05, 4.69) is 73.9 Å². The number of guanidine groups is 1. The third kappa shape index (κ3) is 6.25. The van der Waals surface area contributed by atoms with Crippen molar-refractivity contribution in [1.29, 1.82) is 0 Å². The van der Waals surface area contributed by atoms with Gasteiger partial charge in [-0.1, -0.05) is 36.4 Å². The van der Waals surface area contributed by atoms with E-state index in [-0.39, 0.29) is 0 Å². The molecule has 0 saturated heterocycles. The van der Waals surface area contributed by atoms with Crippen molar-refractivity contribution < 1.29 is 0 Å². The van der Waals surface area contributed by atoms with Gasteiger partial charge in [0.1, 0.15) is 5.82 Å². The summed E-state index contributed by atoms with van der Waals surface area (Å²) in [4.78, 5) is 10.6. The monoisotopic (exact) mass is 381 g/mol. The number of nitrogens with one attached hydrogen (secondary N) is 2. The van der Waals surface area contributed by atoms with Crippen molar-refractivity contribution in [2.45, 2.75) is 26.3 Å². The highest BCUT2D eigenvalue weighted by atomic mass is 32.1. The highest BCUT2D eigenvalue weighted by Gasteiger charge is 2.04. The van der Waals surface area contributed by atoms with E-state index in [1.54, 1.807) is 11.3 Å². The van der Waals surface area contributed by atoms with Gasteiger partial charge in [-0.05, 0) is 23.9 Å². The Balaban J connectivity index is 1.49. The lowest BCUT2D eigenvalue weighted by atomic mass is 10.2. The van der Waals surface area contributed by atoms with Crippen LogP contribution in [0.1, 0.15) is 23.2 Å². The van der Waals surface area contributed by atoms with Gasteiger partial charge < -0.3 is 15.2 Å². The van der Waals surface area contributed by atoms with Crippen molar-refractivity contribution in [2.24, 2.45) is 4.99 Å². The summed E-state index contributed by atoms with van der Waals surface area (Å²) in [7, 11) is 0. The van der Waals surface area contributed by atoms with Crippen LogP contribution in [0, 0.1) is 0 Å². The molecule has 0 radical (unpaired) electrons. The number of nitrogens with zero attached hydrogens (tertiary/aromatic N) is 3. The van der Waals surface area contributed by atoms with Gasteiger partial charge in [0, 0.05) is 56.3 Å². The van der Waals surface area contributed by atoms with E-state index in [4.69, 9.17) is 0 Å². The third-order valence-electron chi connectivity index (χ3n) is 4.19. The van der Waals surface area contributed by atoms with E-state index in [0.29, 0.717) is 0 Å². The first-order chi connectivity index (χ1) is 13.3. The average Bonchev–Trinajstić information content (AvgIpc) is 3.35. The van der Waals surface area contributed by atoms with E-state index in [0.717, 1.165) is 50.8 Å². The second-order valence-electron chi connectivity index (χ2n) is 6.22. The topological polar surface area (TPSA) is 54.2 Å². The Hall–Kier alpha value is -2.60. The zero-order valence-electron chi connectivity index (χ0n) is 15.8. The van der Waals surface area contributed by atoms with Crippen molar-refractivity contribution in [2.75, 3.05) is 19.6 Å². The quantitative estimate of drug-likeness (QED) is 0.442. The predicted molar refractivity (Wildman–Crippen MR) is 113 cm³/mol. The summed E-state index contributed by atoms with van der Waals surface area (Å²) in [6, 6.07) is 14.7. The lowest BCUT2D eigenvalue weighted by Gasteiger charge is -2.12. The fraction of sp³-hybridized carbons (Fsp3) is 0.333. The van der Waals surface area contributed by atoms with Gasteiger partial charge in [-0.2, -0.15) is 0 Å². The van der Waals surface area contributed by atoms with E-state index in [9.17, 15) is 0 Å². The van der Waals surface area contributed by atoms with Crippen LogP contribution in [0.15, 0.2) is 65.2 Å². The molecule has 3 rings (SSSR count). The fourth-order valence-electron chi connectivity index (χ4n) is 2.86. The first kappa shape index (κ1) is 19.2. The average molecular weight is 382 g/mol. The Labute approximate surface area is 165 Å². The van der Waals surface area contributed by atoms with E-state index >= 15 is 0 Å². The summed E-state index contributed by atoms with van der Waals surface area (Å²) in [6.07, 6.45) is 5.76. The molecule has 0 aliphatic carbocycles. The van der Waals surface area contributed by atoms with Crippen LogP contribution in [-0.4, -0.2) is 35.1 Å². The van der Waals surface area contributed by atoms with Crippen LogP contribution >= 0.6 is 11.3 Å². The normalized spacial score (nSPS) is 11.5. The molecule has 0 aliphatic rings. The molecular formula is C21H27N5S. The smallest absolute Gasteiger partial charge is 0.191 e. The molecule has 2 aromatic heterocycles. The summed E-state index contributed by atoms with van der Waals surface area (Å²) >= 11 is 1.79. The van der Waals surface area contributed by atoms with Gasteiger partial charge in [0.15, 0.2) is 5.96 Å². The number of thiophene rings is 1. The molecule has 0 amide bonds. The first-order valence-electron chi connectivity index (χ1n) is 9.43. The van der Waals surface area contributed by atoms with Crippen molar-refractivity contribution in [1.82, 2.24) is 20.2 Å². The highest BCUT2D eigenvalue weighted by molar-refractivity contribution is 7.09. The zero-order chi connectivity index (χ0) is 18.7. The van der Waals surface area contributed by atoms with Gasteiger partial charge in [-0.25, -0.2) is 4.98 Å². The van der Waals surface area contributed by atoms with Crippen molar-refractivity contribution in [3.63, 3.8) is 0 Å². The van der Waals surface area contributed by atoms with Gasteiger partial charge in [0.2, 0.25) is 0 Å². The molecule has 5 nitrogen and oxygen atoms in total. The van der Waals surface area contributed by atoms with Crippen LogP contribution in [0.4, 0.5) is 0 Å². The zero-order valence-corrected chi connectivity index (χ0v) is 16.6. The molecule has 2 heterocycles. The van der Waals surface area contributed by atoms with Gasteiger partial charge in [-0.3, -0.25) is 4.99 Å². The number of imidazole rings is 1. The second kappa shape index (κ2) is 10.5. The van der Waals surface area contributed by atoms with Crippen LogP contribution in [0.2, 0.25) is 0 Å². The maximum atomic E-state index is 4.67. The molecule has 0 unspecified atom stereocenters. The standard InChI is InChI=1S/C21H27N5S/c1-2-22-21(24-12-10-19-9-6-16-27-19)25-13-11-20-23-14-15-26(20)17-18-7-4-3-5-8-18/h3-9,14-16H,2,10-13,17H2,1H3,(H2,22,24,25). The van der Waals surface area contributed by atoms with E-state index < -0.39 is 0 Å². The molecule has 0 spiro atoms. The van der Waals surface area contributed by atoms with Gasteiger partial charge in [0.25, 0.3) is 0 Å². The number of rotatable bonds is 9. The second-order valence-corrected chi connectivity index (χ2v) is 7.26. The van der Waals surface area contributed by atoms with Crippen LogP contribution < -0.4 is 10.6 Å². The molecule has 1 aromatic carbocycles. The number of aromatic nitrogens is 2. The van der Waals surface area contributed by atoms with Gasteiger partial charge >= 0.3 is 0 Å². The maximum Gasteiger partial charge on any atom is 0.191 e. The molecule has 3 aromatic rings. The van der Waals surface area contributed by atoms with Gasteiger partial charge in [0.05, 0.1) is 0 Å². The molecule has 0 fully saturated rings. The summed E-state index contributed by atoms with van der Waals surface area (Å²) < 4.78 is 2.21. The minimum absolute atomic E-state index is 0.790. The molecule has 0 saturated carbocycles. The lowest BCUT2D eigenvalue weighted by Crippen LogP contribution is -2.38. The Morgan fingerprint density at radius 1 is 1.11 bits per heavy atom. The Kier molecular flexibility index (Phi) is 7.47. The number of hydrogen-bond donors (Lipinski definition) is 2. The first-order valence-corrected chi connectivity index (χ1v) is 10.3. The van der Waals surface area contributed by atoms with Crippen LogP contribution in [0.25, 0.3) is 0 Å². The van der Waals surface area contributed by atoms with Crippen LogP contribution in [0.3, 0.4) is 0 Å². The Bertz CT molecular complexity index is 808. The van der Waals surface area contributed by atoms with Crippen molar-refractivity contribution in [3.8, 4) is 0 Å². The minimum atomic E-state index is 0.790. The maximum absolute atomic E-state index is 4.67. The van der Waals surface area contributed by atoms with Crippen molar-refractivity contribution >= 4 is 17.3 Å². The Morgan fingerprint density at radius 2 is 2.00 bits per heavy atom. The molecule has 142 valence electrons. The molecule has 0 bridgehead atoms. The summed E-state index contributed by atoms with van der Waals surface area (Å²) in [6.45, 7) is 5.39. The van der Waals surface area contributed by atoms with E-state index in [1.165, 1.54) is 10.4 Å². The molecule has 27 heavy (non-hydrogen) atoms. The van der Waals surface area contributed by atoms with Crippen LogP contribution in [0.5, 0.6) is 0 Å². The predicted octanol–water partition coefficient (Wildman–Crippen LogP) is 3.33. The third-order valence-corrected chi connectivity index (χ3v) is 5.13. The number of aliphatic imine (C=N–C) groups is 1. The SMILES string of the molecule is CCNC(=NCCc1cccs1)NCCc1nccn1Cc1ccccc1.